The molecule has 2 aliphatic rings. The molecule has 0 aromatic heterocycles. The minimum absolute atomic E-state index is 0.595. The summed E-state index contributed by atoms with van der Waals surface area (Å²) in [6.07, 6.45) is 6.94. The summed E-state index contributed by atoms with van der Waals surface area (Å²) in [4.78, 5) is 0. The Balaban J connectivity index is 1.72. The highest BCUT2D eigenvalue weighted by atomic mass is 16.5. The predicted octanol–water partition coefficient (Wildman–Crippen LogP) is 2.83. The molecule has 2 nitrogen and oxygen atoms in total. The lowest BCUT2D eigenvalue weighted by molar-refractivity contribution is 0.168. The standard InChI is InChI=1S/C14H27NO/c1-11(2)13(12-4-5-12)15-10-14(6-7-14)8-9-16-3/h11-13,15H,4-10H2,1-3H3. The zero-order chi connectivity index (χ0) is 11.6. The molecule has 0 aromatic rings. The maximum Gasteiger partial charge on any atom is 0.0468 e. The van der Waals surface area contributed by atoms with Gasteiger partial charge >= 0.3 is 0 Å². The van der Waals surface area contributed by atoms with E-state index >= 15 is 0 Å². The first-order chi connectivity index (χ1) is 7.67. The highest BCUT2D eigenvalue weighted by Gasteiger charge is 2.43. The third-order valence-electron chi connectivity index (χ3n) is 4.35. The maximum absolute atomic E-state index is 5.20. The lowest BCUT2D eigenvalue weighted by Crippen LogP contribution is -2.39. The largest absolute Gasteiger partial charge is 0.385 e. The van der Waals surface area contributed by atoms with Gasteiger partial charge in [-0.3, -0.25) is 0 Å². The molecule has 1 unspecified atom stereocenters. The van der Waals surface area contributed by atoms with Crippen molar-refractivity contribution >= 4 is 0 Å². The first-order valence-corrected chi connectivity index (χ1v) is 6.89. The number of hydrogen-bond acceptors (Lipinski definition) is 2. The van der Waals surface area contributed by atoms with Crippen molar-refractivity contribution in [2.24, 2.45) is 17.3 Å². The van der Waals surface area contributed by atoms with Crippen molar-refractivity contribution in [1.82, 2.24) is 5.32 Å². The molecular weight excluding hydrogens is 198 g/mol. The lowest BCUT2D eigenvalue weighted by atomic mass is 9.97. The molecule has 2 rings (SSSR count). The van der Waals surface area contributed by atoms with E-state index in [9.17, 15) is 0 Å². The van der Waals surface area contributed by atoms with Crippen LogP contribution in [0.2, 0.25) is 0 Å². The zero-order valence-electron chi connectivity index (χ0n) is 11.1. The fraction of sp³-hybridized carbons (Fsp3) is 1.00. The van der Waals surface area contributed by atoms with Crippen molar-refractivity contribution in [1.29, 1.82) is 0 Å². The molecule has 0 saturated heterocycles. The third kappa shape index (κ3) is 3.21. The SMILES string of the molecule is COCCC1(CNC(C(C)C)C2CC2)CC1. The predicted molar refractivity (Wildman–Crippen MR) is 67.5 cm³/mol. The van der Waals surface area contributed by atoms with E-state index in [1.807, 2.05) is 7.11 Å². The van der Waals surface area contributed by atoms with Crippen LogP contribution in [0.1, 0.15) is 46.0 Å². The second-order valence-corrected chi connectivity index (χ2v) is 6.23. The van der Waals surface area contributed by atoms with Crippen LogP contribution in [-0.2, 0) is 4.74 Å². The maximum atomic E-state index is 5.20. The molecule has 0 heterocycles. The first kappa shape index (κ1) is 12.4. The van der Waals surface area contributed by atoms with E-state index in [1.54, 1.807) is 0 Å². The molecule has 1 atom stereocenters. The summed E-state index contributed by atoms with van der Waals surface area (Å²) in [5, 5.41) is 3.84. The monoisotopic (exact) mass is 225 g/mol. The van der Waals surface area contributed by atoms with Gasteiger partial charge < -0.3 is 10.1 Å². The quantitative estimate of drug-likeness (QED) is 0.686. The Hall–Kier alpha value is -0.0800. The van der Waals surface area contributed by atoms with Gasteiger partial charge in [-0.05, 0) is 49.4 Å². The van der Waals surface area contributed by atoms with Gasteiger partial charge in [0.1, 0.15) is 0 Å². The molecule has 0 radical (unpaired) electrons. The molecule has 16 heavy (non-hydrogen) atoms. The van der Waals surface area contributed by atoms with E-state index in [-0.39, 0.29) is 0 Å². The molecule has 2 saturated carbocycles. The molecule has 2 heteroatoms. The van der Waals surface area contributed by atoms with Crippen molar-refractivity contribution in [3.63, 3.8) is 0 Å². The fourth-order valence-corrected chi connectivity index (χ4v) is 2.75. The molecule has 0 aliphatic heterocycles. The molecule has 0 aromatic carbocycles. The minimum Gasteiger partial charge on any atom is -0.385 e. The molecule has 94 valence electrons. The zero-order valence-corrected chi connectivity index (χ0v) is 11.1. The number of rotatable bonds is 8. The van der Waals surface area contributed by atoms with Crippen molar-refractivity contribution in [3.8, 4) is 0 Å². The fourth-order valence-electron chi connectivity index (χ4n) is 2.75. The Bertz CT molecular complexity index is 217. The van der Waals surface area contributed by atoms with Crippen molar-refractivity contribution in [2.45, 2.75) is 52.0 Å². The van der Waals surface area contributed by atoms with Crippen LogP contribution < -0.4 is 5.32 Å². The van der Waals surface area contributed by atoms with E-state index < -0.39 is 0 Å². The molecule has 2 aliphatic carbocycles. The van der Waals surface area contributed by atoms with Crippen LogP contribution in [0.15, 0.2) is 0 Å². The summed E-state index contributed by atoms with van der Waals surface area (Å²) in [5.74, 6) is 1.75. The Labute approximate surface area is 100 Å². The highest BCUT2D eigenvalue weighted by molar-refractivity contribution is 4.97. The van der Waals surface area contributed by atoms with Gasteiger partial charge in [0.2, 0.25) is 0 Å². The summed E-state index contributed by atoms with van der Waals surface area (Å²) >= 11 is 0. The Morgan fingerprint density at radius 1 is 1.31 bits per heavy atom. The van der Waals surface area contributed by atoms with Crippen LogP contribution in [0.4, 0.5) is 0 Å². The van der Waals surface area contributed by atoms with Gasteiger partial charge in [-0.2, -0.15) is 0 Å². The van der Waals surface area contributed by atoms with E-state index in [4.69, 9.17) is 4.74 Å². The van der Waals surface area contributed by atoms with Gasteiger partial charge in [-0.15, -0.1) is 0 Å². The summed E-state index contributed by atoms with van der Waals surface area (Å²) < 4.78 is 5.20. The van der Waals surface area contributed by atoms with Crippen LogP contribution in [0.3, 0.4) is 0 Å². The average Bonchev–Trinajstić information content (AvgIpc) is 3.10. The topological polar surface area (TPSA) is 21.3 Å². The lowest BCUT2D eigenvalue weighted by Gasteiger charge is -2.25. The van der Waals surface area contributed by atoms with Crippen molar-refractivity contribution in [3.05, 3.63) is 0 Å². The van der Waals surface area contributed by atoms with Crippen LogP contribution in [-0.4, -0.2) is 26.3 Å². The molecule has 0 amide bonds. The third-order valence-corrected chi connectivity index (χ3v) is 4.35. The second kappa shape index (κ2) is 5.05. The first-order valence-electron chi connectivity index (χ1n) is 6.89. The average molecular weight is 225 g/mol. The van der Waals surface area contributed by atoms with Crippen molar-refractivity contribution < 1.29 is 4.74 Å². The van der Waals surface area contributed by atoms with Gasteiger partial charge in [0.25, 0.3) is 0 Å². The van der Waals surface area contributed by atoms with E-state index in [0.29, 0.717) is 5.41 Å². The van der Waals surface area contributed by atoms with Gasteiger partial charge in [0.15, 0.2) is 0 Å². The Morgan fingerprint density at radius 3 is 2.44 bits per heavy atom. The molecule has 0 spiro atoms. The Morgan fingerprint density at radius 2 is 2.00 bits per heavy atom. The summed E-state index contributed by atoms with van der Waals surface area (Å²) in [7, 11) is 1.81. The van der Waals surface area contributed by atoms with Crippen LogP contribution >= 0.6 is 0 Å². The normalized spacial score (nSPS) is 24.8. The van der Waals surface area contributed by atoms with E-state index in [2.05, 4.69) is 19.2 Å². The Kier molecular flexibility index (Phi) is 3.91. The second-order valence-electron chi connectivity index (χ2n) is 6.23. The van der Waals surface area contributed by atoms with Crippen molar-refractivity contribution in [2.75, 3.05) is 20.3 Å². The summed E-state index contributed by atoms with van der Waals surface area (Å²) in [5.41, 5.74) is 0.595. The molecule has 0 bridgehead atoms. The van der Waals surface area contributed by atoms with Gasteiger partial charge in [-0.1, -0.05) is 13.8 Å². The summed E-state index contributed by atoms with van der Waals surface area (Å²) in [6, 6.07) is 0.764. The summed E-state index contributed by atoms with van der Waals surface area (Å²) in [6.45, 7) is 6.85. The van der Waals surface area contributed by atoms with Crippen LogP contribution in [0, 0.1) is 17.3 Å². The van der Waals surface area contributed by atoms with Crippen LogP contribution in [0.5, 0.6) is 0 Å². The minimum atomic E-state index is 0.595. The number of methoxy groups -OCH3 is 1. The smallest absolute Gasteiger partial charge is 0.0468 e. The van der Waals surface area contributed by atoms with E-state index in [0.717, 1.165) is 24.5 Å². The van der Waals surface area contributed by atoms with Gasteiger partial charge in [0.05, 0.1) is 0 Å². The van der Waals surface area contributed by atoms with Gasteiger partial charge in [-0.25, -0.2) is 0 Å². The molecule has 2 fully saturated rings. The number of ether oxygens (including phenoxy) is 1. The van der Waals surface area contributed by atoms with E-state index in [1.165, 1.54) is 38.6 Å². The van der Waals surface area contributed by atoms with Gasteiger partial charge in [0, 0.05) is 26.3 Å². The molecular formula is C14H27NO. The molecule has 1 N–H and O–H groups in total. The number of nitrogens with one attached hydrogen (secondary N) is 1. The highest BCUT2D eigenvalue weighted by Crippen LogP contribution is 2.48. The van der Waals surface area contributed by atoms with Crippen LogP contribution in [0.25, 0.3) is 0 Å². The number of hydrogen-bond donors (Lipinski definition) is 1.